The number of rotatable bonds is 4. The summed E-state index contributed by atoms with van der Waals surface area (Å²) in [6.45, 7) is 0. The van der Waals surface area contributed by atoms with Crippen molar-refractivity contribution in [3.8, 4) is 0 Å². The van der Waals surface area contributed by atoms with Crippen molar-refractivity contribution >= 4 is 39.6 Å². The minimum atomic E-state index is -1.01. The summed E-state index contributed by atoms with van der Waals surface area (Å²) < 4.78 is 0.475. The minimum absolute atomic E-state index is 0.274. The Morgan fingerprint density at radius 2 is 1.90 bits per heavy atom. The van der Waals surface area contributed by atoms with Crippen LogP contribution < -0.4 is 5.32 Å². The van der Waals surface area contributed by atoms with E-state index in [4.69, 9.17) is 5.11 Å². The summed E-state index contributed by atoms with van der Waals surface area (Å²) in [7, 11) is 0. The Kier molecular flexibility index (Phi) is 4.84. The molecule has 0 atom stereocenters. The molecule has 6 heteroatoms. The fourth-order valence-corrected chi connectivity index (χ4v) is 2.03. The molecule has 1 heterocycles. The fraction of sp³-hybridized carbons (Fsp3) is 0. The van der Waals surface area contributed by atoms with Gasteiger partial charge in [-0.05, 0) is 51.8 Å². The molecule has 0 radical (unpaired) electrons. The van der Waals surface area contributed by atoms with Gasteiger partial charge in [-0.2, -0.15) is 0 Å². The summed E-state index contributed by atoms with van der Waals surface area (Å²) in [5, 5.41) is 11.3. The second kappa shape index (κ2) is 6.81. The molecule has 0 saturated heterocycles. The molecule has 2 aromatic rings. The zero-order valence-electron chi connectivity index (χ0n) is 10.8. The fourth-order valence-electron chi connectivity index (χ4n) is 1.60. The van der Waals surface area contributed by atoms with Gasteiger partial charge in [-0.25, -0.2) is 9.78 Å². The smallest absolute Gasteiger partial charge is 0.328 e. The van der Waals surface area contributed by atoms with Gasteiger partial charge in [0.05, 0.1) is 5.56 Å². The Bertz CT molecular complexity index is 696. The Morgan fingerprint density at radius 3 is 2.52 bits per heavy atom. The molecule has 106 valence electrons. The summed E-state index contributed by atoms with van der Waals surface area (Å²) in [5.41, 5.74) is 1.79. The van der Waals surface area contributed by atoms with Crippen LogP contribution in [-0.2, 0) is 4.79 Å². The van der Waals surface area contributed by atoms with Gasteiger partial charge in [0, 0.05) is 18.0 Å². The van der Waals surface area contributed by atoms with E-state index < -0.39 is 5.97 Å². The van der Waals surface area contributed by atoms with E-state index in [-0.39, 0.29) is 5.91 Å². The van der Waals surface area contributed by atoms with Crippen LogP contribution in [-0.4, -0.2) is 22.0 Å². The quantitative estimate of drug-likeness (QED) is 0.658. The van der Waals surface area contributed by atoms with E-state index >= 15 is 0 Å². The number of halogens is 1. The van der Waals surface area contributed by atoms with Gasteiger partial charge < -0.3 is 10.4 Å². The van der Waals surface area contributed by atoms with Crippen LogP contribution in [0.4, 0.5) is 5.69 Å². The van der Waals surface area contributed by atoms with E-state index in [1.54, 1.807) is 42.6 Å². The maximum atomic E-state index is 12.1. The molecule has 0 aliphatic heterocycles. The van der Waals surface area contributed by atoms with Crippen molar-refractivity contribution in [2.75, 3.05) is 5.32 Å². The summed E-state index contributed by atoms with van der Waals surface area (Å²) in [4.78, 5) is 26.5. The SMILES string of the molecule is O=C(O)/C=C/c1ccc(NC(=O)c2cccnc2Br)cc1. The second-order valence-electron chi connectivity index (χ2n) is 4.09. The first-order valence-corrected chi connectivity index (χ1v) is 6.78. The zero-order valence-corrected chi connectivity index (χ0v) is 12.4. The number of benzene rings is 1. The third-order valence-electron chi connectivity index (χ3n) is 2.59. The zero-order chi connectivity index (χ0) is 15.2. The number of carbonyl (C=O) groups excluding carboxylic acids is 1. The molecule has 0 spiro atoms. The van der Waals surface area contributed by atoms with Gasteiger partial charge in [0.25, 0.3) is 5.91 Å². The maximum absolute atomic E-state index is 12.1. The number of nitrogens with one attached hydrogen (secondary N) is 1. The lowest BCUT2D eigenvalue weighted by Crippen LogP contribution is -2.12. The second-order valence-corrected chi connectivity index (χ2v) is 4.84. The van der Waals surface area contributed by atoms with E-state index in [1.165, 1.54) is 6.08 Å². The van der Waals surface area contributed by atoms with E-state index in [9.17, 15) is 9.59 Å². The van der Waals surface area contributed by atoms with E-state index in [1.807, 2.05) is 0 Å². The van der Waals surface area contributed by atoms with Crippen LogP contribution in [0.2, 0.25) is 0 Å². The highest BCUT2D eigenvalue weighted by molar-refractivity contribution is 9.10. The molecule has 1 aromatic carbocycles. The molecule has 1 amide bonds. The van der Waals surface area contributed by atoms with Crippen molar-refractivity contribution in [2.24, 2.45) is 0 Å². The number of aliphatic carboxylic acids is 1. The summed E-state index contributed by atoms with van der Waals surface area (Å²) in [6, 6.07) is 10.2. The number of anilines is 1. The van der Waals surface area contributed by atoms with Crippen molar-refractivity contribution in [3.05, 3.63) is 64.4 Å². The van der Waals surface area contributed by atoms with Crippen LogP contribution in [0.3, 0.4) is 0 Å². The minimum Gasteiger partial charge on any atom is -0.478 e. The average molecular weight is 347 g/mol. The Balaban J connectivity index is 2.09. The lowest BCUT2D eigenvalue weighted by atomic mass is 10.2. The predicted molar refractivity (Wildman–Crippen MR) is 83.0 cm³/mol. The van der Waals surface area contributed by atoms with Gasteiger partial charge >= 0.3 is 5.97 Å². The Morgan fingerprint density at radius 1 is 1.19 bits per heavy atom. The topological polar surface area (TPSA) is 79.3 Å². The number of amides is 1. The van der Waals surface area contributed by atoms with Gasteiger partial charge in [-0.15, -0.1) is 0 Å². The van der Waals surface area contributed by atoms with Crippen molar-refractivity contribution in [1.29, 1.82) is 0 Å². The first kappa shape index (κ1) is 14.9. The molecule has 21 heavy (non-hydrogen) atoms. The number of carboxylic acid groups (broad SMARTS) is 1. The highest BCUT2D eigenvalue weighted by Crippen LogP contribution is 2.16. The number of pyridine rings is 1. The van der Waals surface area contributed by atoms with Crippen molar-refractivity contribution in [2.45, 2.75) is 0 Å². The number of nitrogens with zero attached hydrogens (tertiary/aromatic N) is 1. The van der Waals surface area contributed by atoms with E-state index in [2.05, 4.69) is 26.2 Å². The maximum Gasteiger partial charge on any atom is 0.328 e. The highest BCUT2D eigenvalue weighted by Gasteiger charge is 2.10. The average Bonchev–Trinajstić information content (AvgIpc) is 2.47. The van der Waals surface area contributed by atoms with Crippen LogP contribution in [0.15, 0.2) is 53.3 Å². The number of aromatic nitrogens is 1. The third kappa shape index (κ3) is 4.25. The standard InChI is InChI=1S/C15H11BrN2O3/c16-14-12(2-1-9-17-14)15(21)18-11-6-3-10(4-7-11)5-8-13(19)20/h1-9H,(H,18,21)(H,19,20)/b8-5+. The number of carbonyl (C=O) groups is 2. The molecule has 5 nitrogen and oxygen atoms in total. The van der Waals surface area contributed by atoms with E-state index in [0.29, 0.717) is 15.9 Å². The molecule has 0 fully saturated rings. The normalized spacial score (nSPS) is 10.5. The third-order valence-corrected chi connectivity index (χ3v) is 3.22. The highest BCUT2D eigenvalue weighted by atomic mass is 79.9. The van der Waals surface area contributed by atoms with Gasteiger partial charge in [0.15, 0.2) is 0 Å². The lowest BCUT2D eigenvalue weighted by molar-refractivity contribution is -0.131. The molecule has 2 rings (SSSR count). The molecule has 0 bridgehead atoms. The van der Waals surface area contributed by atoms with Gasteiger partial charge in [-0.1, -0.05) is 12.1 Å². The number of hydrogen-bond donors (Lipinski definition) is 2. The van der Waals surface area contributed by atoms with E-state index in [0.717, 1.165) is 11.6 Å². The largest absolute Gasteiger partial charge is 0.478 e. The van der Waals surface area contributed by atoms with Crippen LogP contribution in [0.5, 0.6) is 0 Å². The first-order chi connectivity index (χ1) is 10.1. The molecule has 0 aliphatic rings. The molecular formula is C15H11BrN2O3. The van der Waals surface area contributed by atoms with Gasteiger partial charge in [0.1, 0.15) is 4.60 Å². The molecule has 2 N–H and O–H groups in total. The Labute approximate surface area is 129 Å². The molecule has 0 unspecified atom stereocenters. The summed E-state index contributed by atoms with van der Waals surface area (Å²) in [6.07, 6.45) is 4.12. The Hall–Kier alpha value is -2.47. The van der Waals surface area contributed by atoms with Gasteiger partial charge in [0.2, 0.25) is 0 Å². The van der Waals surface area contributed by atoms with Crippen LogP contribution >= 0.6 is 15.9 Å². The van der Waals surface area contributed by atoms with Crippen molar-refractivity contribution in [1.82, 2.24) is 4.98 Å². The van der Waals surface area contributed by atoms with Gasteiger partial charge in [-0.3, -0.25) is 4.79 Å². The molecule has 0 aliphatic carbocycles. The van der Waals surface area contributed by atoms with Crippen molar-refractivity contribution < 1.29 is 14.7 Å². The molecule has 0 saturated carbocycles. The summed E-state index contributed by atoms with van der Waals surface area (Å²) in [5.74, 6) is -1.28. The number of carboxylic acids is 1. The first-order valence-electron chi connectivity index (χ1n) is 5.99. The van der Waals surface area contributed by atoms with Crippen molar-refractivity contribution in [3.63, 3.8) is 0 Å². The molecular weight excluding hydrogens is 336 g/mol. The van der Waals surface area contributed by atoms with Crippen LogP contribution in [0.1, 0.15) is 15.9 Å². The molecule has 1 aromatic heterocycles. The summed E-state index contributed by atoms with van der Waals surface area (Å²) >= 11 is 3.22. The number of hydrogen-bond acceptors (Lipinski definition) is 3. The lowest BCUT2D eigenvalue weighted by Gasteiger charge is -2.06. The van der Waals surface area contributed by atoms with Crippen LogP contribution in [0.25, 0.3) is 6.08 Å². The van der Waals surface area contributed by atoms with Crippen LogP contribution in [0, 0.1) is 0 Å². The predicted octanol–water partition coefficient (Wildman–Crippen LogP) is 3.19. The monoisotopic (exact) mass is 346 g/mol.